The van der Waals surface area contributed by atoms with E-state index in [1.165, 1.54) is 16.8 Å². The molecule has 3 rings (SSSR count). The molecule has 1 heterocycles. The number of nitrogens with zero attached hydrogens (tertiary/aromatic N) is 3. The highest BCUT2D eigenvalue weighted by atomic mass is 127. The van der Waals surface area contributed by atoms with Crippen LogP contribution in [0.2, 0.25) is 0 Å². The Morgan fingerprint density at radius 2 is 1.09 bits per heavy atom. The van der Waals surface area contributed by atoms with E-state index in [9.17, 15) is 0 Å². The highest BCUT2D eigenvalue weighted by Crippen LogP contribution is 2.32. The van der Waals surface area contributed by atoms with Gasteiger partial charge in [-0.1, -0.05) is 12.1 Å². The fourth-order valence-electron chi connectivity index (χ4n) is 2.36. The summed E-state index contributed by atoms with van der Waals surface area (Å²) in [7, 11) is 4.10. The molecule has 0 unspecified atom stereocenters. The highest BCUT2D eigenvalue weighted by molar-refractivity contribution is 14.1. The summed E-state index contributed by atoms with van der Waals surface area (Å²) < 4.78 is 2.16. The monoisotopic (exact) mass is 415 g/mol. The molecule has 116 valence electrons. The smallest absolute Gasteiger partial charge is 0.0646 e. The van der Waals surface area contributed by atoms with Crippen LogP contribution in [0.3, 0.4) is 0 Å². The zero-order valence-corrected chi connectivity index (χ0v) is 15.3. The van der Waals surface area contributed by atoms with Gasteiger partial charge in [0, 0.05) is 32.2 Å². The quantitative estimate of drug-likeness (QED) is 0.426. The summed E-state index contributed by atoms with van der Waals surface area (Å²) in [6.45, 7) is 0. The number of aromatic nitrogens is 1. The van der Waals surface area contributed by atoms with Gasteiger partial charge in [0.1, 0.15) is 0 Å². The van der Waals surface area contributed by atoms with Crippen LogP contribution in [-0.2, 0) is 0 Å². The average Bonchev–Trinajstić information content (AvgIpc) is 2.62. The van der Waals surface area contributed by atoms with E-state index in [0.717, 1.165) is 11.4 Å². The zero-order chi connectivity index (χ0) is 16.2. The molecule has 0 radical (unpaired) electrons. The Kier molecular flexibility index (Phi) is 4.81. The van der Waals surface area contributed by atoms with Gasteiger partial charge < -0.3 is 4.90 Å². The van der Waals surface area contributed by atoms with E-state index < -0.39 is 0 Å². The lowest BCUT2D eigenvalue weighted by atomic mass is 10.1. The number of benzene rings is 2. The molecule has 0 atom stereocenters. The first-order chi connectivity index (χ1) is 11.1. The molecule has 0 amide bonds. The Bertz CT molecular complexity index is 753. The maximum absolute atomic E-state index is 4.06. The first-order valence-electron chi connectivity index (χ1n) is 7.39. The third-order valence-corrected chi connectivity index (χ3v) is 4.81. The molecule has 0 saturated carbocycles. The molecule has 2 aromatic carbocycles. The SMILES string of the molecule is CN(C)c1ccc(N(I)c2ccc(-c3ccncc3)cc2)cc1. The van der Waals surface area contributed by atoms with E-state index in [0.29, 0.717) is 0 Å². The second-order valence-electron chi connectivity index (χ2n) is 5.47. The zero-order valence-electron chi connectivity index (χ0n) is 13.1. The Labute approximate surface area is 151 Å². The number of rotatable bonds is 4. The molecular weight excluding hydrogens is 397 g/mol. The molecule has 0 fully saturated rings. The third-order valence-electron chi connectivity index (χ3n) is 3.70. The Morgan fingerprint density at radius 3 is 1.61 bits per heavy atom. The van der Waals surface area contributed by atoms with Gasteiger partial charge in [-0.2, -0.15) is 0 Å². The Balaban J connectivity index is 1.81. The summed E-state index contributed by atoms with van der Waals surface area (Å²) in [5, 5.41) is 0. The average molecular weight is 415 g/mol. The van der Waals surface area contributed by atoms with Crippen LogP contribution in [0.25, 0.3) is 11.1 Å². The minimum absolute atomic E-state index is 1.15. The van der Waals surface area contributed by atoms with Gasteiger partial charge in [0.25, 0.3) is 0 Å². The van der Waals surface area contributed by atoms with Crippen molar-refractivity contribution in [3.8, 4) is 11.1 Å². The minimum Gasteiger partial charge on any atom is -0.378 e. The van der Waals surface area contributed by atoms with Crippen LogP contribution >= 0.6 is 22.9 Å². The van der Waals surface area contributed by atoms with Crippen LogP contribution in [0.15, 0.2) is 73.1 Å². The van der Waals surface area contributed by atoms with E-state index in [2.05, 4.69) is 98.5 Å². The van der Waals surface area contributed by atoms with Crippen LogP contribution in [-0.4, -0.2) is 19.1 Å². The lowest BCUT2D eigenvalue weighted by Gasteiger charge is -2.19. The maximum atomic E-state index is 4.06. The fourth-order valence-corrected chi connectivity index (χ4v) is 3.00. The van der Waals surface area contributed by atoms with Crippen LogP contribution in [0.4, 0.5) is 17.1 Å². The molecule has 0 aliphatic carbocycles. The van der Waals surface area contributed by atoms with Crippen molar-refractivity contribution in [3.05, 3.63) is 73.1 Å². The second-order valence-corrected chi connectivity index (χ2v) is 6.44. The van der Waals surface area contributed by atoms with Gasteiger partial charge in [0.2, 0.25) is 0 Å². The molecule has 0 N–H and O–H groups in total. The van der Waals surface area contributed by atoms with Crippen LogP contribution in [0, 0.1) is 0 Å². The van der Waals surface area contributed by atoms with Crippen molar-refractivity contribution < 1.29 is 0 Å². The van der Waals surface area contributed by atoms with Gasteiger partial charge in [-0.05, 0) is 59.7 Å². The molecule has 3 aromatic rings. The fraction of sp³-hybridized carbons (Fsp3) is 0.105. The van der Waals surface area contributed by atoms with Crippen molar-refractivity contribution >= 4 is 39.9 Å². The largest absolute Gasteiger partial charge is 0.378 e. The highest BCUT2D eigenvalue weighted by Gasteiger charge is 2.07. The first-order valence-corrected chi connectivity index (χ1v) is 8.35. The van der Waals surface area contributed by atoms with Crippen LogP contribution in [0.5, 0.6) is 0 Å². The molecule has 1 aromatic heterocycles. The van der Waals surface area contributed by atoms with Crippen molar-refractivity contribution in [3.63, 3.8) is 0 Å². The number of anilines is 3. The van der Waals surface area contributed by atoms with Crippen LogP contribution in [0.1, 0.15) is 0 Å². The van der Waals surface area contributed by atoms with Gasteiger partial charge >= 0.3 is 0 Å². The summed E-state index contributed by atoms with van der Waals surface area (Å²) in [5.74, 6) is 0. The predicted octanol–water partition coefficient (Wildman–Crippen LogP) is 5.30. The minimum atomic E-state index is 1.15. The van der Waals surface area contributed by atoms with Crippen molar-refractivity contribution in [1.29, 1.82) is 0 Å². The molecule has 0 bridgehead atoms. The second kappa shape index (κ2) is 7.00. The molecule has 0 saturated heterocycles. The molecule has 23 heavy (non-hydrogen) atoms. The van der Waals surface area contributed by atoms with E-state index >= 15 is 0 Å². The summed E-state index contributed by atoms with van der Waals surface area (Å²) in [6, 6.07) is 21.2. The number of halogens is 1. The molecular formula is C19H18IN3. The molecule has 3 nitrogen and oxygen atoms in total. The first kappa shape index (κ1) is 15.8. The third kappa shape index (κ3) is 3.64. The maximum Gasteiger partial charge on any atom is 0.0646 e. The topological polar surface area (TPSA) is 19.4 Å². The van der Waals surface area contributed by atoms with Gasteiger partial charge in [0.05, 0.1) is 34.2 Å². The molecule has 0 spiro atoms. The summed E-state index contributed by atoms with van der Waals surface area (Å²) in [6.07, 6.45) is 3.64. The van der Waals surface area contributed by atoms with Crippen molar-refractivity contribution in [1.82, 2.24) is 4.98 Å². The number of hydrogen-bond acceptors (Lipinski definition) is 3. The van der Waals surface area contributed by atoms with Gasteiger partial charge in [-0.3, -0.25) is 8.10 Å². The number of hydrogen-bond donors (Lipinski definition) is 0. The molecule has 4 heteroatoms. The Morgan fingerprint density at radius 1 is 0.652 bits per heavy atom. The lowest BCUT2D eigenvalue weighted by Crippen LogP contribution is -2.08. The predicted molar refractivity (Wildman–Crippen MR) is 107 cm³/mol. The van der Waals surface area contributed by atoms with Crippen molar-refractivity contribution in [2.45, 2.75) is 0 Å². The summed E-state index contributed by atoms with van der Waals surface area (Å²) in [5.41, 5.74) is 5.89. The van der Waals surface area contributed by atoms with E-state index in [1.807, 2.05) is 24.5 Å². The normalized spacial score (nSPS) is 10.4. The van der Waals surface area contributed by atoms with Crippen molar-refractivity contribution in [2.24, 2.45) is 0 Å². The Hall–Kier alpha value is -2.08. The van der Waals surface area contributed by atoms with E-state index in [1.54, 1.807) is 0 Å². The molecule has 0 aliphatic heterocycles. The molecule has 0 aliphatic rings. The number of pyridine rings is 1. The summed E-state index contributed by atoms with van der Waals surface area (Å²) >= 11 is 2.34. The van der Waals surface area contributed by atoms with Gasteiger partial charge in [-0.25, -0.2) is 0 Å². The van der Waals surface area contributed by atoms with Gasteiger partial charge in [0.15, 0.2) is 0 Å². The standard InChI is InChI=1S/C19H18IN3/c1-22(2)17-7-9-19(10-8-17)23(20)18-5-3-15(4-6-18)16-11-13-21-14-12-16/h3-14H,1-2H3. The van der Waals surface area contributed by atoms with E-state index in [4.69, 9.17) is 0 Å². The van der Waals surface area contributed by atoms with Gasteiger partial charge in [-0.15, -0.1) is 0 Å². The summed E-state index contributed by atoms with van der Waals surface area (Å²) in [4.78, 5) is 6.16. The van der Waals surface area contributed by atoms with Crippen LogP contribution < -0.4 is 8.01 Å². The van der Waals surface area contributed by atoms with E-state index in [-0.39, 0.29) is 0 Å². The lowest BCUT2D eigenvalue weighted by molar-refractivity contribution is 1.13. The van der Waals surface area contributed by atoms with Crippen molar-refractivity contribution in [2.75, 3.05) is 22.1 Å².